The number of benzene rings is 2. The Balaban J connectivity index is 2.30. The van der Waals surface area contributed by atoms with E-state index < -0.39 is 5.97 Å². The van der Waals surface area contributed by atoms with E-state index in [0.717, 1.165) is 10.0 Å². The third-order valence-electron chi connectivity index (χ3n) is 3.28. The first kappa shape index (κ1) is 15.5. The third-order valence-corrected chi connectivity index (χ3v) is 3.77. The molecule has 0 heterocycles. The fraction of sp³-hybridized carbons (Fsp3) is 0.188. The first-order valence-electron chi connectivity index (χ1n) is 6.44. The largest absolute Gasteiger partial charge is 0.478 e. The first-order valence-corrected chi connectivity index (χ1v) is 7.23. The van der Waals surface area contributed by atoms with E-state index in [1.165, 1.54) is 12.1 Å². The second-order valence-corrected chi connectivity index (χ2v) is 5.79. The molecule has 0 aliphatic carbocycles. The van der Waals surface area contributed by atoms with Gasteiger partial charge in [0.1, 0.15) is 5.82 Å². The molecule has 110 valence electrons. The molecule has 0 bridgehead atoms. The smallest absolute Gasteiger partial charge is 0.337 e. The number of carboxylic acids is 1. The lowest BCUT2D eigenvalue weighted by atomic mass is 10.0. The summed E-state index contributed by atoms with van der Waals surface area (Å²) in [5, 5.41) is 12.3. The quantitative estimate of drug-likeness (QED) is 0.834. The van der Waals surface area contributed by atoms with Gasteiger partial charge in [0.15, 0.2) is 0 Å². The molecular weight excluding hydrogens is 337 g/mol. The number of rotatable bonds is 4. The molecule has 1 unspecified atom stereocenters. The number of carboxylic acid groups (broad SMARTS) is 1. The molecule has 3 nitrogen and oxygen atoms in total. The average Bonchev–Trinajstić information content (AvgIpc) is 2.41. The van der Waals surface area contributed by atoms with Gasteiger partial charge in [0.25, 0.3) is 0 Å². The molecule has 0 fully saturated rings. The summed E-state index contributed by atoms with van der Waals surface area (Å²) in [6.45, 7) is 3.56. The number of hydrogen-bond acceptors (Lipinski definition) is 2. The number of nitrogens with one attached hydrogen (secondary N) is 1. The van der Waals surface area contributed by atoms with Gasteiger partial charge in [-0.1, -0.05) is 28.1 Å². The second kappa shape index (κ2) is 6.26. The van der Waals surface area contributed by atoms with Gasteiger partial charge in [-0.3, -0.25) is 0 Å². The zero-order valence-electron chi connectivity index (χ0n) is 11.7. The van der Waals surface area contributed by atoms with Crippen LogP contribution in [0.4, 0.5) is 10.1 Å². The minimum absolute atomic E-state index is 0.178. The average molecular weight is 352 g/mol. The van der Waals surface area contributed by atoms with Crippen LogP contribution in [0.25, 0.3) is 0 Å². The number of anilines is 1. The standard InChI is InChI=1S/C16H15BrFNO2/c1-9-3-4-11(7-14(9)18)10(2)19-15-8-12(17)5-6-13(15)16(20)21/h3-8,10,19H,1-2H3,(H,20,21). The Hall–Kier alpha value is -1.88. The normalized spacial score (nSPS) is 12.0. The highest BCUT2D eigenvalue weighted by atomic mass is 79.9. The van der Waals surface area contributed by atoms with E-state index in [0.29, 0.717) is 11.3 Å². The molecular formula is C16H15BrFNO2. The van der Waals surface area contributed by atoms with Crippen LogP contribution in [0.1, 0.15) is 34.5 Å². The van der Waals surface area contributed by atoms with Crippen LogP contribution in [0.3, 0.4) is 0 Å². The van der Waals surface area contributed by atoms with Gasteiger partial charge in [-0.15, -0.1) is 0 Å². The van der Waals surface area contributed by atoms with E-state index in [4.69, 9.17) is 0 Å². The van der Waals surface area contributed by atoms with Gasteiger partial charge in [-0.05, 0) is 49.2 Å². The molecule has 0 saturated heterocycles. The predicted octanol–water partition coefficient (Wildman–Crippen LogP) is 4.77. The van der Waals surface area contributed by atoms with Crippen molar-refractivity contribution in [3.05, 3.63) is 63.4 Å². The Morgan fingerprint density at radius 3 is 2.62 bits per heavy atom. The van der Waals surface area contributed by atoms with Crippen LogP contribution in [-0.2, 0) is 0 Å². The Labute approximate surface area is 130 Å². The molecule has 0 radical (unpaired) electrons. The number of aromatic carboxylic acids is 1. The Morgan fingerprint density at radius 1 is 1.29 bits per heavy atom. The van der Waals surface area contributed by atoms with Crippen LogP contribution in [-0.4, -0.2) is 11.1 Å². The van der Waals surface area contributed by atoms with Crippen molar-refractivity contribution in [2.24, 2.45) is 0 Å². The maximum Gasteiger partial charge on any atom is 0.337 e. The topological polar surface area (TPSA) is 49.3 Å². The van der Waals surface area contributed by atoms with Crippen LogP contribution >= 0.6 is 15.9 Å². The van der Waals surface area contributed by atoms with Crippen molar-refractivity contribution in [2.45, 2.75) is 19.9 Å². The Kier molecular flexibility index (Phi) is 4.63. The molecule has 2 aromatic rings. The summed E-state index contributed by atoms with van der Waals surface area (Å²) in [4.78, 5) is 11.2. The van der Waals surface area contributed by atoms with Crippen molar-refractivity contribution in [3.8, 4) is 0 Å². The van der Waals surface area contributed by atoms with Gasteiger partial charge in [0, 0.05) is 10.5 Å². The minimum Gasteiger partial charge on any atom is -0.478 e. The zero-order chi connectivity index (χ0) is 15.6. The van der Waals surface area contributed by atoms with Gasteiger partial charge in [0.05, 0.1) is 11.3 Å². The predicted molar refractivity (Wildman–Crippen MR) is 84.3 cm³/mol. The lowest BCUT2D eigenvalue weighted by Gasteiger charge is -2.18. The lowest BCUT2D eigenvalue weighted by molar-refractivity contribution is 0.0698. The molecule has 0 aliphatic rings. The highest BCUT2D eigenvalue weighted by Crippen LogP contribution is 2.26. The monoisotopic (exact) mass is 351 g/mol. The first-order chi connectivity index (χ1) is 9.88. The maximum atomic E-state index is 13.6. The molecule has 0 aromatic heterocycles. The molecule has 0 saturated carbocycles. The fourth-order valence-electron chi connectivity index (χ4n) is 2.02. The second-order valence-electron chi connectivity index (χ2n) is 4.87. The zero-order valence-corrected chi connectivity index (χ0v) is 13.2. The maximum absolute atomic E-state index is 13.6. The number of halogens is 2. The fourth-order valence-corrected chi connectivity index (χ4v) is 2.38. The van der Waals surface area contributed by atoms with Crippen molar-refractivity contribution >= 4 is 27.6 Å². The summed E-state index contributed by atoms with van der Waals surface area (Å²) in [6.07, 6.45) is 0. The van der Waals surface area contributed by atoms with Crippen molar-refractivity contribution in [3.63, 3.8) is 0 Å². The Bertz CT molecular complexity index is 688. The van der Waals surface area contributed by atoms with E-state index in [-0.39, 0.29) is 17.4 Å². The molecule has 2 aromatic carbocycles. The minimum atomic E-state index is -1.01. The van der Waals surface area contributed by atoms with Gasteiger partial charge in [-0.2, -0.15) is 0 Å². The number of hydrogen-bond donors (Lipinski definition) is 2. The molecule has 2 rings (SSSR count). The van der Waals surface area contributed by atoms with Crippen LogP contribution in [0.2, 0.25) is 0 Å². The van der Waals surface area contributed by atoms with Crippen molar-refractivity contribution in [1.29, 1.82) is 0 Å². The molecule has 21 heavy (non-hydrogen) atoms. The van der Waals surface area contributed by atoms with Crippen molar-refractivity contribution < 1.29 is 14.3 Å². The van der Waals surface area contributed by atoms with E-state index in [1.807, 2.05) is 13.0 Å². The van der Waals surface area contributed by atoms with Crippen LogP contribution < -0.4 is 5.32 Å². The Morgan fingerprint density at radius 2 is 2.00 bits per heavy atom. The molecule has 0 amide bonds. The molecule has 2 N–H and O–H groups in total. The highest BCUT2D eigenvalue weighted by molar-refractivity contribution is 9.10. The van der Waals surface area contributed by atoms with Gasteiger partial charge in [0.2, 0.25) is 0 Å². The van der Waals surface area contributed by atoms with Crippen LogP contribution in [0.15, 0.2) is 40.9 Å². The number of aryl methyl sites for hydroxylation is 1. The van der Waals surface area contributed by atoms with E-state index in [1.54, 1.807) is 25.1 Å². The van der Waals surface area contributed by atoms with Gasteiger partial charge in [-0.25, -0.2) is 9.18 Å². The molecule has 0 aliphatic heterocycles. The van der Waals surface area contributed by atoms with E-state index >= 15 is 0 Å². The molecule has 0 spiro atoms. The lowest BCUT2D eigenvalue weighted by Crippen LogP contribution is -2.11. The summed E-state index contributed by atoms with van der Waals surface area (Å²) < 4.78 is 14.4. The van der Waals surface area contributed by atoms with Crippen molar-refractivity contribution in [2.75, 3.05) is 5.32 Å². The van der Waals surface area contributed by atoms with Crippen LogP contribution in [0.5, 0.6) is 0 Å². The summed E-state index contributed by atoms with van der Waals surface area (Å²) in [5.74, 6) is -1.28. The van der Waals surface area contributed by atoms with Gasteiger partial charge >= 0.3 is 5.97 Å². The highest BCUT2D eigenvalue weighted by Gasteiger charge is 2.14. The summed E-state index contributed by atoms with van der Waals surface area (Å²) in [5.41, 5.74) is 2.01. The summed E-state index contributed by atoms with van der Waals surface area (Å²) in [7, 11) is 0. The summed E-state index contributed by atoms with van der Waals surface area (Å²) in [6, 6.07) is 9.68. The van der Waals surface area contributed by atoms with Crippen molar-refractivity contribution in [1.82, 2.24) is 0 Å². The molecule has 1 atom stereocenters. The SMILES string of the molecule is Cc1ccc(C(C)Nc2cc(Br)ccc2C(=O)O)cc1F. The molecule has 5 heteroatoms. The number of carbonyl (C=O) groups is 1. The summed E-state index contributed by atoms with van der Waals surface area (Å²) >= 11 is 3.32. The van der Waals surface area contributed by atoms with Gasteiger partial charge < -0.3 is 10.4 Å². The third kappa shape index (κ3) is 3.61. The van der Waals surface area contributed by atoms with E-state index in [9.17, 15) is 14.3 Å². The van der Waals surface area contributed by atoms with E-state index in [2.05, 4.69) is 21.2 Å². The van der Waals surface area contributed by atoms with Crippen LogP contribution in [0, 0.1) is 12.7 Å².